The van der Waals surface area contributed by atoms with Crippen molar-refractivity contribution in [2.45, 2.75) is 52.4 Å². The summed E-state index contributed by atoms with van der Waals surface area (Å²) in [6, 6.07) is 0. The first-order valence-corrected chi connectivity index (χ1v) is 5.46. The van der Waals surface area contributed by atoms with Crippen LogP contribution in [0.25, 0.3) is 0 Å². The van der Waals surface area contributed by atoms with Crippen LogP contribution in [0.15, 0.2) is 0 Å². The van der Waals surface area contributed by atoms with Gasteiger partial charge in [-0.15, -0.1) is 0 Å². The van der Waals surface area contributed by atoms with Crippen molar-refractivity contribution in [1.82, 2.24) is 0 Å². The monoisotopic (exact) mass is 188 g/mol. The van der Waals surface area contributed by atoms with E-state index in [-0.39, 0.29) is 18.6 Å². The van der Waals surface area contributed by atoms with Crippen LogP contribution in [0.2, 0.25) is 0 Å². The summed E-state index contributed by atoms with van der Waals surface area (Å²) < 4.78 is 0. The van der Waals surface area contributed by atoms with E-state index < -0.39 is 0 Å². The lowest BCUT2D eigenvalue weighted by Crippen LogP contribution is -2.23. The molecule has 0 rings (SSSR count). The normalized spacial score (nSPS) is 12.0. The number of hydrogen-bond acceptors (Lipinski definition) is 2. The second kappa shape index (κ2) is 7.34. The minimum atomic E-state index is 0.201. The van der Waals surface area contributed by atoms with Crippen molar-refractivity contribution in [2.24, 2.45) is 5.41 Å². The Bertz CT molecular complexity index is 83.1. The van der Waals surface area contributed by atoms with Gasteiger partial charge in [0.2, 0.25) is 0 Å². The molecule has 0 saturated carbocycles. The quantitative estimate of drug-likeness (QED) is 0.614. The van der Waals surface area contributed by atoms with Crippen molar-refractivity contribution in [2.75, 3.05) is 13.2 Å². The van der Waals surface area contributed by atoms with Gasteiger partial charge >= 0.3 is 0 Å². The van der Waals surface area contributed by atoms with Crippen LogP contribution in [-0.4, -0.2) is 23.4 Å². The molecule has 80 valence electrons. The minimum absolute atomic E-state index is 0.201. The molecule has 0 aromatic rings. The lowest BCUT2D eigenvalue weighted by molar-refractivity contribution is 0.112. The van der Waals surface area contributed by atoms with Crippen LogP contribution in [0.4, 0.5) is 0 Å². The van der Waals surface area contributed by atoms with Gasteiger partial charge in [0.05, 0.1) is 0 Å². The maximum Gasteiger partial charge on any atom is 0.0436 e. The highest BCUT2D eigenvalue weighted by Gasteiger charge is 2.26. The standard InChI is InChI=1S/C11H24O2/c1-3-5-11(6-4-2,7-9-12)8-10-13/h12-13H,3-10H2,1-2H3. The fraction of sp³-hybridized carbons (Fsp3) is 1.00. The molecular weight excluding hydrogens is 164 g/mol. The summed E-state index contributed by atoms with van der Waals surface area (Å²) in [7, 11) is 0. The molecule has 0 spiro atoms. The highest BCUT2D eigenvalue weighted by atomic mass is 16.3. The topological polar surface area (TPSA) is 40.5 Å². The molecule has 0 saturated heterocycles. The van der Waals surface area contributed by atoms with E-state index in [9.17, 15) is 0 Å². The van der Waals surface area contributed by atoms with Gasteiger partial charge in [-0.05, 0) is 31.1 Å². The predicted octanol–water partition coefficient (Wildman–Crippen LogP) is 2.34. The molecule has 0 aliphatic heterocycles. The molecule has 0 aliphatic rings. The van der Waals surface area contributed by atoms with Gasteiger partial charge in [0, 0.05) is 13.2 Å². The molecule has 13 heavy (non-hydrogen) atoms. The van der Waals surface area contributed by atoms with E-state index in [4.69, 9.17) is 10.2 Å². The first kappa shape index (κ1) is 12.9. The molecule has 2 heteroatoms. The van der Waals surface area contributed by atoms with Crippen LogP contribution in [0.3, 0.4) is 0 Å². The number of aliphatic hydroxyl groups is 2. The Morgan fingerprint density at radius 3 is 1.38 bits per heavy atom. The molecule has 0 aromatic heterocycles. The summed E-state index contributed by atoms with van der Waals surface area (Å²) in [4.78, 5) is 0. The Labute approximate surface area is 82.0 Å². The van der Waals surface area contributed by atoms with Gasteiger partial charge in [0.1, 0.15) is 0 Å². The van der Waals surface area contributed by atoms with Crippen LogP contribution in [0, 0.1) is 5.41 Å². The van der Waals surface area contributed by atoms with Crippen molar-refractivity contribution in [3.8, 4) is 0 Å². The summed E-state index contributed by atoms with van der Waals surface area (Å²) in [6.07, 6.45) is 6.22. The van der Waals surface area contributed by atoms with E-state index in [0.717, 1.165) is 38.5 Å². The largest absolute Gasteiger partial charge is 0.396 e. The van der Waals surface area contributed by atoms with Gasteiger partial charge in [-0.1, -0.05) is 26.7 Å². The smallest absolute Gasteiger partial charge is 0.0436 e. The highest BCUT2D eigenvalue weighted by molar-refractivity contribution is 4.78. The molecule has 0 heterocycles. The molecule has 0 unspecified atom stereocenters. The van der Waals surface area contributed by atoms with Gasteiger partial charge < -0.3 is 10.2 Å². The van der Waals surface area contributed by atoms with Gasteiger partial charge in [-0.3, -0.25) is 0 Å². The molecule has 0 bridgehead atoms. The Hall–Kier alpha value is -0.0800. The number of hydrogen-bond donors (Lipinski definition) is 2. The van der Waals surface area contributed by atoms with Gasteiger partial charge in [0.15, 0.2) is 0 Å². The molecule has 0 radical (unpaired) electrons. The third-order valence-corrected chi connectivity index (χ3v) is 2.84. The van der Waals surface area contributed by atoms with E-state index in [2.05, 4.69) is 13.8 Å². The molecule has 2 N–H and O–H groups in total. The van der Waals surface area contributed by atoms with Crippen molar-refractivity contribution in [3.05, 3.63) is 0 Å². The predicted molar refractivity (Wildman–Crippen MR) is 55.7 cm³/mol. The van der Waals surface area contributed by atoms with Gasteiger partial charge in [-0.25, -0.2) is 0 Å². The molecule has 2 nitrogen and oxygen atoms in total. The van der Waals surface area contributed by atoms with Crippen LogP contribution in [0.5, 0.6) is 0 Å². The highest BCUT2D eigenvalue weighted by Crippen LogP contribution is 2.36. The van der Waals surface area contributed by atoms with E-state index in [1.54, 1.807) is 0 Å². The van der Waals surface area contributed by atoms with Crippen molar-refractivity contribution in [1.29, 1.82) is 0 Å². The maximum atomic E-state index is 9.00. The summed E-state index contributed by atoms with van der Waals surface area (Å²) in [5.41, 5.74) is 0.201. The lowest BCUT2D eigenvalue weighted by atomic mass is 9.74. The van der Waals surface area contributed by atoms with Crippen molar-refractivity contribution in [3.63, 3.8) is 0 Å². The summed E-state index contributed by atoms with van der Waals surface area (Å²) in [5.74, 6) is 0. The molecule has 0 aromatic carbocycles. The molecule has 0 amide bonds. The van der Waals surface area contributed by atoms with Crippen LogP contribution < -0.4 is 0 Å². The minimum Gasteiger partial charge on any atom is -0.396 e. The lowest BCUT2D eigenvalue weighted by Gasteiger charge is -2.32. The number of rotatable bonds is 8. The van der Waals surface area contributed by atoms with Crippen LogP contribution in [-0.2, 0) is 0 Å². The molecular formula is C11H24O2. The van der Waals surface area contributed by atoms with E-state index in [1.807, 2.05) is 0 Å². The van der Waals surface area contributed by atoms with Crippen molar-refractivity contribution < 1.29 is 10.2 Å². The zero-order chi connectivity index (χ0) is 10.2. The van der Waals surface area contributed by atoms with E-state index in [0.29, 0.717) is 0 Å². The Balaban J connectivity index is 4.19. The SMILES string of the molecule is CCCC(CCC)(CCO)CCO. The summed E-state index contributed by atoms with van der Waals surface area (Å²) >= 11 is 0. The first-order valence-electron chi connectivity index (χ1n) is 5.46. The van der Waals surface area contributed by atoms with Crippen LogP contribution in [0.1, 0.15) is 52.4 Å². The first-order chi connectivity index (χ1) is 6.24. The molecule has 0 fully saturated rings. The average Bonchev–Trinajstić information content (AvgIpc) is 2.06. The Morgan fingerprint density at radius 2 is 1.15 bits per heavy atom. The van der Waals surface area contributed by atoms with Gasteiger partial charge in [-0.2, -0.15) is 0 Å². The Kier molecular flexibility index (Phi) is 7.29. The summed E-state index contributed by atoms with van der Waals surface area (Å²) in [5, 5.41) is 18.0. The molecule has 0 atom stereocenters. The Morgan fingerprint density at radius 1 is 0.769 bits per heavy atom. The second-order valence-electron chi connectivity index (χ2n) is 3.95. The van der Waals surface area contributed by atoms with Crippen molar-refractivity contribution >= 4 is 0 Å². The second-order valence-corrected chi connectivity index (χ2v) is 3.95. The fourth-order valence-electron chi connectivity index (χ4n) is 2.29. The zero-order valence-corrected chi connectivity index (χ0v) is 9.05. The summed E-state index contributed by atoms with van der Waals surface area (Å²) in [6.45, 7) is 4.83. The zero-order valence-electron chi connectivity index (χ0n) is 9.05. The van der Waals surface area contributed by atoms with Gasteiger partial charge in [0.25, 0.3) is 0 Å². The molecule has 0 aliphatic carbocycles. The third-order valence-electron chi connectivity index (χ3n) is 2.84. The van der Waals surface area contributed by atoms with E-state index >= 15 is 0 Å². The third kappa shape index (κ3) is 4.63. The fourth-order valence-corrected chi connectivity index (χ4v) is 2.29. The average molecular weight is 188 g/mol. The number of aliphatic hydroxyl groups excluding tert-OH is 2. The maximum absolute atomic E-state index is 9.00. The van der Waals surface area contributed by atoms with Crippen LogP contribution >= 0.6 is 0 Å². The van der Waals surface area contributed by atoms with E-state index in [1.165, 1.54) is 0 Å².